The predicted molar refractivity (Wildman–Crippen MR) is 82.3 cm³/mol. The summed E-state index contributed by atoms with van der Waals surface area (Å²) in [6, 6.07) is 5.13. The van der Waals surface area contributed by atoms with E-state index in [2.05, 4.69) is 27.3 Å². The summed E-state index contributed by atoms with van der Waals surface area (Å²) in [4.78, 5) is 25.0. The molecule has 0 N–H and O–H groups in total. The Balaban J connectivity index is 2.76. The Morgan fingerprint density at radius 2 is 2.11 bits per heavy atom. The third-order valence-corrected chi connectivity index (χ3v) is 4.24. The molecule has 0 radical (unpaired) electrons. The molecule has 0 spiro atoms. The Kier molecular flexibility index (Phi) is 6.06. The van der Waals surface area contributed by atoms with Crippen LogP contribution in [0.1, 0.15) is 17.3 Å². The summed E-state index contributed by atoms with van der Waals surface area (Å²) in [6.45, 7) is 2.02. The number of benzene rings is 1. The van der Waals surface area contributed by atoms with Crippen molar-refractivity contribution in [1.82, 2.24) is 4.90 Å². The van der Waals surface area contributed by atoms with Crippen molar-refractivity contribution in [3.63, 3.8) is 0 Å². The van der Waals surface area contributed by atoms with E-state index < -0.39 is 0 Å². The molecule has 0 fully saturated rings. The zero-order valence-electron chi connectivity index (χ0n) is 10.9. The van der Waals surface area contributed by atoms with Crippen LogP contribution in [-0.4, -0.2) is 37.5 Å². The van der Waals surface area contributed by atoms with Gasteiger partial charge in [-0.3, -0.25) is 9.59 Å². The van der Waals surface area contributed by atoms with Crippen molar-refractivity contribution in [2.75, 3.05) is 20.7 Å². The maximum absolute atomic E-state index is 12.2. The van der Waals surface area contributed by atoms with Crippen LogP contribution < -0.4 is 0 Å². The van der Waals surface area contributed by atoms with Crippen molar-refractivity contribution in [1.29, 1.82) is 0 Å². The molecule has 1 aromatic rings. The Bertz CT molecular complexity index is 493. The van der Waals surface area contributed by atoms with Crippen molar-refractivity contribution in [3.8, 4) is 0 Å². The standard InChI is InChI=1S/C13H15ClINO3/c1-8(13(18)19-3)7-16(2)12(17)9-4-5-11(15)10(14)6-9/h4-6,8H,7H2,1-3H3. The first-order chi connectivity index (χ1) is 8.86. The van der Waals surface area contributed by atoms with Crippen LogP contribution in [-0.2, 0) is 9.53 Å². The number of carbonyl (C=O) groups excluding carboxylic acids is 2. The van der Waals surface area contributed by atoms with E-state index in [0.717, 1.165) is 3.57 Å². The van der Waals surface area contributed by atoms with Gasteiger partial charge in [0.05, 0.1) is 18.1 Å². The molecule has 1 rings (SSSR count). The smallest absolute Gasteiger partial charge is 0.310 e. The minimum Gasteiger partial charge on any atom is -0.469 e. The fourth-order valence-corrected chi connectivity index (χ4v) is 2.14. The van der Waals surface area contributed by atoms with Crippen molar-refractivity contribution in [2.45, 2.75) is 6.92 Å². The lowest BCUT2D eigenvalue weighted by molar-refractivity contribution is -0.145. The molecule has 0 saturated heterocycles. The van der Waals surface area contributed by atoms with Gasteiger partial charge in [0.15, 0.2) is 0 Å². The molecule has 1 aromatic carbocycles. The first kappa shape index (κ1) is 16.2. The molecule has 0 saturated carbocycles. The molecule has 4 nitrogen and oxygen atoms in total. The van der Waals surface area contributed by atoms with Gasteiger partial charge in [-0.2, -0.15) is 0 Å². The van der Waals surface area contributed by atoms with E-state index in [1.807, 2.05) is 0 Å². The van der Waals surface area contributed by atoms with Gasteiger partial charge < -0.3 is 9.64 Å². The maximum atomic E-state index is 12.2. The number of ether oxygens (including phenoxy) is 1. The molecule has 0 bridgehead atoms. The molecule has 0 aliphatic rings. The van der Waals surface area contributed by atoms with E-state index in [1.165, 1.54) is 12.0 Å². The molecular weight excluding hydrogens is 381 g/mol. The van der Waals surface area contributed by atoms with Crippen LogP contribution in [0.5, 0.6) is 0 Å². The summed E-state index contributed by atoms with van der Waals surface area (Å²) in [5.41, 5.74) is 0.505. The summed E-state index contributed by atoms with van der Waals surface area (Å²) in [5.74, 6) is -0.868. The van der Waals surface area contributed by atoms with Gasteiger partial charge in [-0.25, -0.2) is 0 Å². The lowest BCUT2D eigenvalue weighted by atomic mass is 10.1. The average Bonchev–Trinajstić information content (AvgIpc) is 2.39. The number of methoxy groups -OCH3 is 1. The lowest BCUT2D eigenvalue weighted by Gasteiger charge is -2.20. The third kappa shape index (κ3) is 4.35. The Morgan fingerprint density at radius 1 is 1.47 bits per heavy atom. The van der Waals surface area contributed by atoms with Crippen LogP contribution in [0, 0.1) is 9.49 Å². The molecule has 1 unspecified atom stereocenters. The zero-order valence-corrected chi connectivity index (χ0v) is 13.9. The van der Waals surface area contributed by atoms with Gasteiger partial charge in [-0.15, -0.1) is 0 Å². The van der Waals surface area contributed by atoms with Crippen molar-refractivity contribution < 1.29 is 14.3 Å². The zero-order chi connectivity index (χ0) is 14.6. The van der Waals surface area contributed by atoms with Gasteiger partial charge >= 0.3 is 5.97 Å². The van der Waals surface area contributed by atoms with Crippen molar-refractivity contribution in [3.05, 3.63) is 32.4 Å². The molecule has 0 aliphatic carbocycles. The number of halogens is 2. The summed E-state index contributed by atoms with van der Waals surface area (Å²) in [5, 5.41) is 0.542. The van der Waals surface area contributed by atoms with Crippen molar-refractivity contribution in [2.24, 2.45) is 5.92 Å². The van der Waals surface area contributed by atoms with Gasteiger partial charge in [0.2, 0.25) is 0 Å². The maximum Gasteiger partial charge on any atom is 0.310 e. The Labute approximate surface area is 131 Å². The van der Waals surface area contributed by atoms with E-state index in [4.69, 9.17) is 11.6 Å². The quantitative estimate of drug-likeness (QED) is 0.582. The second kappa shape index (κ2) is 7.09. The van der Waals surface area contributed by atoms with E-state index in [0.29, 0.717) is 17.1 Å². The summed E-state index contributed by atoms with van der Waals surface area (Å²) < 4.78 is 5.52. The first-order valence-electron chi connectivity index (χ1n) is 5.65. The highest BCUT2D eigenvalue weighted by Gasteiger charge is 2.20. The molecule has 0 aliphatic heterocycles. The van der Waals surface area contributed by atoms with Gasteiger partial charge in [0.25, 0.3) is 5.91 Å². The molecule has 104 valence electrons. The minimum absolute atomic E-state index is 0.172. The topological polar surface area (TPSA) is 46.6 Å². The van der Waals surface area contributed by atoms with E-state index in [1.54, 1.807) is 32.2 Å². The first-order valence-corrected chi connectivity index (χ1v) is 7.10. The highest BCUT2D eigenvalue weighted by atomic mass is 127. The number of hydrogen-bond acceptors (Lipinski definition) is 3. The van der Waals surface area contributed by atoms with Gasteiger partial charge in [0.1, 0.15) is 0 Å². The Hall–Kier alpha value is -0.820. The molecule has 0 heterocycles. The number of nitrogens with zero attached hydrogens (tertiary/aromatic N) is 1. The molecular formula is C13H15ClINO3. The number of hydrogen-bond donors (Lipinski definition) is 0. The number of esters is 1. The van der Waals surface area contributed by atoms with Gasteiger partial charge in [-0.05, 0) is 40.8 Å². The second-order valence-electron chi connectivity index (χ2n) is 4.24. The number of rotatable bonds is 4. The number of amides is 1. The van der Waals surface area contributed by atoms with Crippen LogP contribution >= 0.6 is 34.2 Å². The summed E-state index contributed by atoms with van der Waals surface area (Å²) in [6.07, 6.45) is 0. The SMILES string of the molecule is COC(=O)C(C)CN(C)C(=O)c1ccc(I)c(Cl)c1. The Morgan fingerprint density at radius 3 is 2.63 bits per heavy atom. The molecule has 1 atom stereocenters. The van der Waals surface area contributed by atoms with E-state index in [9.17, 15) is 9.59 Å². The third-order valence-electron chi connectivity index (χ3n) is 2.66. The van der Waals surface area contributed by atoms with Crippen molar-refractivity contribution >= 4 is 46.1 Å². The predicted octanol–water partition coefficient (Wildman–Crippen LogP) is 2.83. The van der Waals surface area contributed by atoms with Crippen LogP contribution in [0.4, 0.5) is 0 Å². The molecule has 0 aromatic heterocycles. The van der Waals surface area contributed by atoms with Crippen LogP contribution in [0.2, 0.25) is 5.02 Å². The molecule has 6 heteroatoms. The molecule has 1 amide bonds. The fourth-order valence-electron chi connectivity index (χ4n) is 1.62. The second-order valence-corrected chi connectivity index (χ2v) is 5.81. The lowest BCUT2D eigenvalue weighted by Crippen LogP contribution is -2.34. The number of carbonyl (C=O) groups is 2. The van der Waals surface area contributed by atoms with E-state index >= 15 is 0 Å². The summed E-state index contributed by atoms with van der Waals surface area (Å²) >= 11 is 8.09. The normalized spacial score (nSPS) is 11.8. The van der Waals surface area contributed by atoms with Crippen LogP contribution in [0.15, 0.2) is 18.2 Å². The highest BCUT2D eigenvalue weighted by molar-refractivity contribution is 14.1. The fraction of sp³-hybridized carbons (Fsp3) is 0.385. The van der Waals surface area contributed by atoms with Gasteiger partial charge in [-0.1, -0.05) is 18.5 Å². The van der Waals surface area contributed by atoms with Crippen LogP contribution in [0.3, 0.4) is 0 Å². The van der Waals surface area contributed by atoms with Gasteiger partial charge in [0, 0.05) is 22.7 Å². The highest BCUT2D eigenvalue weighted by Crippen LogP contribution is 2.20. The molecule has 19 heavy (non-hydrogen) atoms. The largest absolute Gasteiger partial charge is 0.469 e. The monoisotopic (exact) mass is 395 g/mol. The summed E-state index contributed by atoms with van der Waals surface area (Å²) in [7, 11) is 2.98. The van der Waals surface area contributed by atoms with Crippen LogP contribution in [0.25, 0.3) is 0 Å². The van der Waals surface area contributed by atoms with E-state index in [-0.39, 0.29) is 17.8 Å². The average molecular weight is 396 g/mol. The minimum atomic E-state index is -0.363.